The third kappa shape index (κ3) is 7.93. The third-order valence-corrected chi connectivity index (χ3v) is 9.38. The van der Waals surface area contributed by atoms with E-state index in [0.29, 0.717) is 26.2 Å². The Morgan fingerprint density at radius 3 is 1.26 bits per heavy atom. The van der Waals surface area contributed by atoms with Crippen LogP contribution in [0.25, 0.3) is 0 Å². The summed E-state index contributed by atoms with van der Waals surface area (Å²) in [5, 5.41) is 11.1. The lowest BCUT2D eigenvalue weighted by molar-refractivity contribution is -0.142. The molecule has 2 atom stereocenters. The summed E-state index contributed by atoms with van der Waals surface area (Å²) in [4.78, 5) is 22.2. The van der Waals surface area contributed by atoms with Gasteiger partial charge in [-0.2, -0.15) is 36.5 Å². The van der Waals surface area contributed by atoms with Crippen LogP contribution in [0.15, 0.2) is 60.9 Å². The van der Waals surface area contributed by atoms with Crippen LogP contribution in [0.5, 0.6) is 0 Å². The molecule has 4 aromatic rings. The Morgan fingerprint density at radius 1 is 0.600 bits per heavy atom. The fraction of sp³-hybridized carbons (Fsp3) is 0.424. The molecule has 0 amide bonds. The molecule has 0 spiro atoms. The van der Waals surface area contributed by atoms with Crippen molar-refractivity contribution in [3.05, 3.63) is 95.1 Å². The normalized spacial score (nSPS) is 18.0. The minimum atomic E-state index is -4.78. The Morgan fingerprint density at radius 2 is 0.940 bits per heavy atom. The molecule has 2 aliphatic rings. The minimum absolute atomic E-state index is 0.240. The fourth-order valence-electron chi connectivity index (χ4n) is 6.77. The number of carbonyl (C=O) groups excluding carboxylic acids is 1. The first-order valence-corrected chi connectivity index (χ1v) is 16.0. The molecular formula is C33H34F8N8O. The third-order valence-electron chi connectivity index (χ3n) is 9.38. The van der Waals surface area contributed by atoms with Crippen LogP contribution in [-0.4, -0.2) is 100 Å². The Hall–Kier alpha value is -4.51. The highest BCUT2D eigenvalue weighted by Crippen LogP contribution is 2.34. The minimum Gasteiger partial charge on any atom is -0.369 e. The number of benzene rings is 2. The van der Waals surface area contributed by atoms with E-state index >= 15 is 0 Å². The number of halogens is 8. The number of anilines is 2. The predicted molar refractivity (Wildman–Crippen MR) is 168 cm³/mol. The molecule has 2 N–H and O–H groups in total. The van der Waals surface area contributed by atoms with E-state index in [-0.39, 0.29) is 50.1 Å². The van der Waals surface area contributed by atoms with E-state index in [9.17, 15) is 39.9 Å². The standard InChI is InChI=1S/C33H34F8N8O/c34-23-1-5-25(6-2-23)46-9-13-48(14-10-46)27(17-21-19-42-44-30(21)32(36,37)38)29(50)28(18-22-20-43-45-31(22)33(39,40)41)49-15-11-47(12-16-49)26-7-3-24(35)4-8-26/h1-8,19-20,27-28H,9-18H2,(H,42,44)(H,43,45). The molecule has 2 aromatic heterocycles. The maximum Gasteiger partial charge on any atom is 0.433 e. The molecule has 6 rings (SSSR count). The lowest BCUT2D eigenvalue weighted by Crippen LogP contribution is -2.60. The van der Waals surface area contributed by atoms with Gasteiger partial charge in [-0.1, -0.05) is 0 Å². The topological polar surface area (TPSA) is 87.4 Å². The van der Waals surface area contributed by atoms with Crippen LogP contribution in [0.2, 0.25) is 0 Å². The number of alkyl halides is 6. The summed E-state index contributed by atoms with van der Waals surface area (Å²) in [7, 11) is 0. The second-order valence-corrected chi connectivity index (χ2v) is 12.4. The largest absolute Gasteiger partial charge is 0.433 e. The molecule has 0 radical (unpaired) electrons. The molecule has 2 aliphatic heterocycles. The van der Waals surface area contributed by atoms with Gasteiger partial charge >= 0.3 is 12.4 Å². The summed E-state index contributed by atoms with van der Waals surface area (Å²) >= 11 is 0. The summed E-state index contributed by atoms with van der Waals surface area (Å²) in [6.45, 7) is 2.47. The van der Waals surface area contributed by atoms with E-state index in [2.05, 4.69) is 10.2 Å². The van der Waals surface area contributed by atoms with Gasteiger partial charge in [0.05, 0.1) is 24.5 Å². The summed E-state index contributed by atoms with van der Waals surface area (Å²) in [6.07, 6.45) is -8.29. The Labute approximate surface area is 281 Å². The Balaban J connectivity index is 1.30. The highest BCUT2D eigenvalue weighted by atomic mass is 19.4. The van der Waals surface area contributed by atoms with Crippen molar-refractivity contribution in [2.45, 2.75) is 37.3 Å². The summed E-state index contributed by atoms with van der Waals surface area (Å²) in [5.41, 5.74) is -1.20. The maximum absolute atomic E-state index is 14.8. The number of nitrogens with zero attached hydrogens (tertiary/aromatic N) is 6. The Kier molecular flexibility index (Phi) is 10.2. The quantitative estimate of drug-likeness (QED) is 0.220. The smallest absolute Gasteiger partial charge is 0.369 e. The van der Waals surface area contributed by atoms with Gasteiger partial charge in [-0.25, -0.2) is 8.78 Å². The number of rotatable bonds is 10. The number of H-pyrrole nitrogens is 2. The molecular weight excluding hydrogens is 676 g/mol. The molecule has 4 heterocycles. The van der Waals surface area contributed by atoms with Crippen molar-refractivity contribution >= 4 is 17.2 Å². The number of nitrogens with one attached hydrogen (secondary N) is 2. The van der Waals surface area contributed by atoms with Crippen molar-refractivity contribution in [3.8, 4) is 0 Å². The SMILES string of the molecule is O=C(C(Cc1cn[nH]c1C(F)(F)F)N1CCN(c2ccc(F)cc2)CC1)C(Cc1cn[nH]c1C(F)(F)F)N1CCN(c2ccc(F)cc2)CC1. The van der Waals surface area contributed by atoms with Crippen LogP contribution in [0.4, 0.5) is 46.5 Å². The van der Waals surface area contributed by atoms with Gasteiger partial charge in [-0.15, -0.1) is 0 Å². The van der Waals surface area contributed by atoms with E-state index in [4.69, 9.17) is 0 Å². The molecule has 17 heteroatoms. The first-order chi connectivity index (χ1) is 23.8. The second-order valence-electron chi connectivity index (χ2n) is 12.4. The number of aromatic amines is 2. The molecule has 9 nitrogen and oxygen atoms in total. The molecule has 2 aromatic carbocycles. The second kappa shape index (κ2) is 14.4. The van der Waals surface area contributed by atoms with Crippen LogP contribution in [-0.2, 0) is 30.0 Å². The average Bonchev–Trinajstić information content (AvgIpc) is 3.77. The van der Waals surface area contributed by atoms with Crippen LogP contribution in [0, 0.1) is 11.6 Å². The molecule has 0 bridgehead atoms. The van der Waals surface area contributed by atoms with Crippen LogP contribution in [0.3, 0.4) is 0 Å². The van der Waals surface area contributed by atoms with Crippen molar-refractivity contribution in [2.75, 3.05) is 62.2 Å². The molecule has 0 saturated carbocycles. The maximum atomic E-state index is 14.8. The molecule has 2 saturated heterocycles. The number of piperazine rings is 2. The highest BCUT2D eigenvalue weighted by molar-refractivity contribution is 5.90. The van der Waals surface area contributed by atoms with Gasteiger partial charge in [0.15, 0.2) is 5.78 Å². The Bertz CT molecular complexity index is 1600. The molecule has 268 valence electrons. The van der Waals surface area contributed by atoms with Crippen molar-refractivity contribution in [3.63, 3.8) is 0 Å². The van der Waals surface area contributed by atoms with Crippen molar-refractivity contribution < 1.29 is 39.9 Å². The van der Waals surface area contributed by atoms with Crippen LogP contribution < -0.4 is 9.80 Å². The van der Waals surface area contributed by atoms with E-state index < -0.39 is 53.2 Å². The lowest BCUT2D eigenvalue weighted by atomic mass is 9.91. The predicted octanol–water partition coefficient (Wildman–Crippen LogP) is 5.18. The zero-order chi connectivity index (χ0) is 35.6. The van der Waals surface area contributed by atoms with Crippen molar-refractivity contribution in [1.82, 2.24) is 30.2 Å². The van der Waals surface area contributed by atoms with E-state index in [0.717, 1.165) is 23.8 Å². The fourth-order valence-corrected chi connectivity index (χ4v) is 6.77. The van der Waals surface area contributed by atoms with E-state index in [1.807, 2.05) is 20.0 Å². The zero-order valence-electron chi connectivity index (χ0n) is 26.6. The summed E-state index contributed by atoms with van der Waals surface area (Å²) < 4.78 is 111. The number of Topliss-reactive ketones (excluding diaryl/α,β-unsaturated/α-hetero) is 1. The van der Waals surface area contributed by atoms with Crippen LogP contribution in [0.1, 0.15) is 22.5 Å². The monoisotopic (exact) mass is 710 g/mol. The first-order valence-electron chi connectivity index (χ1n) is 16.0. The number of aromatic nitrogens is 4. The molecule has 0 aliphatic carbocycles. The van der Waals surface area contributed by atoms with Gasteiger partial charge in [0.1, 0.15) is 23.0 Å². The highest BCUT2D eigenvalue weighted by Gasteiger charge is 2.43. The van der Waals surface area contributed by atoms with E-state index in [1.54, 1.807) is 34.1 Å². The molecule has 2 fully saturated rings. The zero-order valence-corrected chi connectivity index (χ0v) is 26.6. The van der Waals surface area contributed by atoms with Gasteiger partial charge in [-0.3, -0.25) is 24.8 Å². The number of carbonyl (C=O) groups is 1. The lowest BCUT2D eigenvalue weighted by Gasteiger charge is -2.44. The number of ketones is 1. The molecule has 2 unspecified atom stereocenters. The van der Waals surface area contributed by atoms with Gasteiger partial charge in [0, 0.05) is 74.9 Å². The number of hydrogen-bond acceptors (Lipinski definition) is 7. The average molecular weight is 711 g/mol. The van der Waals surface area contributed by atoms with Gasteiger partial charge < -0.3 is 9.80 Å². The van der Waals surface area contributed by atoms with Crippen LogP contribution >= 0.6 is 0 Å². The van der Waals surface area contributed by atoms with Crippen molar-refractivity contribution in [2.24, 2.45) is 0 Å². The van der Waals surface area contributed by atoms with Gasteiger partial charge in [0.25, 0.3) is 0 Å². The molecule has 50 heavy (non-hydrogen) atoms. The van der Waals surface area contributed by atoms with Crippen molar-refractivity contribution in [1.29, 1.82) is 0 Å². The van der Waals surface area contributed by atoms with Gasteiger partial charge in [0.2, 0.25) is 0 Å². The summed E-state index contributed by atoms with van der Waals surface area (Å²) in [6, 6.07) is 9.41. The summed E-state index contributed by atoms with van der Waals surface area (Å²) in [5.74, 6) is -1.34. The van der Waals surface area contributed by atoms with E-state index in [1.165, 1.54) is 24.3 Å². The van der Waals surface area contributed by atoms with Gasteiger partial charge in [-0.05, 0) is 61.4 Å². The number of hydrogen-bond donors (Lipinski definition) is 2. The first kappa shape index (κ1) is 35.3.